The molecule has 2 aliphatic rings. The molecule has 2 nitrogen and oxygen atoms in total. The largest absolute Gasteiger partial charge is 0.378 e. The highest BCUT2D eigenvalue weighted by Gasteiger charge is 2.26. The lowest BCUT2D eigenvalue weighted by Crippen LogP contribution is -2.25. The number of ether oxygens (including phenoxy) is 1. The molecule has 0 heterocycles. The summed E-state index contributed by atoms with van der Waals surface area (Å²) in [6, 6.07) is 5.74. The molecule has 0 amide bonds. The van der Waals surface area contributed by atoms with Gasteiger partial charge in [-0.15, -0.1) is 0 Å². The fourth-order valence-corrected chi connectivity index (χ4v) is 4.91. The van der Waals surface area contributed by atoms with E-state index in [1.807, 2.05) is 6.08 Å². The number of nitrogens with zero attached hydrogens (tertiary/aromatic N) is 1. The first kappa shape index (κ1) is 23.6. The van der Waals surface area contributed by atoms with Gasteiger partial charge in [0.15, 0.2) is 17.5 Å². The molecule has 1 aromatic rings. The lowest BCUT2D eigenvalue weighted by atomic mass is 9.80. The van der Waals surface area contributed by atoms with Crippen LogP contribution in [0.4, 0.5) is 13.2 Å². The first-order valence-corrected chi connectivity index (χ1v) is 11.5. The Morgan fingerprint density at radius 3 is 2.39 bits per heavy atom. The summed E-state index contributed by atoms with van der Waals surface area (Å²) in [6.45, 7) is 0.825. The summed E-state index contributed by atoms with van der Waals surface area (Å²) in [5.74, 6) is -0.649. The van der Waals surface area contributed by atoms with Gasteiger partial charge >= 0.3 is 0 Å². The molecule has 0 aliphatic heterocycles. The molecule has 0 saturated heterocycles. The molecule has 3 rings (SSSR count). The number of allylic oxidation sites excluding steroid dienone is 4. The maximum atomic E-state index is 13.5. The molecule has 2 aliphatic carbocycles. The zero-order valence-corrected chi connectivity index (χ0v) is 18.0. The van der Waals surface area contributed by atoms with E-state index in [4.69, 9.17) is 10.00 Å². The molecule has 1 aromatic carbocycles. The van der Waals surface area contributed by atoms with Crippen molar-refractivity contribution in [1.29, 1.82) is 5.26 Å². The van der Waals surface area contributed by atoms with E-state index in [0.29, 0.717) is 11.8 Å². The van der Waals surface area contributed by atoms with Crippen molar-refractivity contribution in [2.45, 2.75) is 76.2 Å². The molecule has 2 fully saturated rings. The second-order valence-electron chi connectivity index (χ2n) is 9.00. The lowest BCUT2D eigenvalue weighted by Gasteiger charge is -2.32. The van der Waals surface area contributed by atoms with Gasteiger partial charge in [0.05, 0.1) is 6.10 Å². The molecule has 0 N–H and O–H groups in total. The molecule has 168 valence electrons. The number of rotatable bonds is 8. The summed E-state index contributed by atoms with van der Waals surface area (Å²) < 4.78 is 45.5. The van der Waals surface area contributed by atoms with Gasteiger partial charge in [-0.25, -0.2) is 8.78 Å². The van der Waals surface area contributed by atoms with Crippen molar-refractivity contribution >= 4 is 0 Å². The fraction of sp³-hybridized carbons (Fsp3) is 0.577. The van der Waals surface area contributed by atoms with E-state index in [9.17, 15) is 13.2 Å². The summed E-state index contributed by atoms with van der Waals surface area (Å²) in [4.78, 5) is 0. The van der Waals surface area contributed by atoms with Gasteiger partial charge < -0.3 is 4.74 Å². The van der Waals surface area contributed by atoms with Crippen LogP contribution in [0.5, 0.6) is 0 Å². The minimum atomic E-state index is -0.782. The van der Waals surface area contributed by atoms with Gasteiger partial charge in [-0.05, 0) is 92.9 Å². The third kappa shape index (κ3) is 7.54. The summed E-state index contributed by atoms with van der Waals surface area (Å²) >= 11 is 0. The molecule has 0 unspecified atom stereocenters. The van der Waals surface area contributed by atoms with E-state index < -0.39 is 17.5 Å². The number of benzene rings is 1. The molecule has 0 radical (unpaired) electrons. The Kier molecular flexibility index (Phi) is 9.21. The Morgan fingerprint density at radius 2 is 1.71 bits per heavy atom. The summed E-state index contributed by atoms with van der Waals surface area (Å²) in [7, 11) is 0. The second-order valence-corrected chi connectivity index (χ2v) is 9.00. The maximum absolute atomic E-state index is 13.5. The third-order valence-electron chi connectivity index (χ3n) is 6.85. The molecule has 0 bridgehead atoms. The normalized spacial score (nSPS) is 27.4. The number of hydrogen-bond acceptors (Lipinski definition) is 2. The van der Waals surface area contributed by atoms with E-state index in [-0.39, 0.29) is 6.10 Å². The van der Waals surface area contributed by atoms with Gasteiger partial charge in [-0.3, -0.25) is 0 Å². The summed E-state index contributed by atoms with van der Waals surface area (Å²) in [6.07, 6.45) is 15.8. The van der Waals surface area contributed by atoms with Crippen LogP contribution in [-0.4, -0.2) is 12.7 Å². The molecule has 5 heteroatoms. The van der Waals surface area contributed by atoms with Crippen molar-refractivity contribution in [2.24, 2.45) is 11.8 Å². The van der Waals surface area contributed by atoms with Crippen LogP contribution in [0.25, 0.3) is 0 Å². The standard InChI is InChI=1S/C26H32F3NO/c27-23(17-30)5-3-1-2-4-19-6-8-20(9-7-19)18-31-24-13-10-21(11-14-24)22-12-15-25(28)26(29)16-22/h1,3,5,12,15-16,19-21,24H,2,4,6-11,13-14,18H2/b3-1+,23-5-. The van der Waals surface area contributed by atoms with Crippen LogP contribution in [0.15, 0.2) is 42.3 Å². The highest BCUT2D eigenvalue weighted by atomic mass is 19.2. The van der Waals surface area contributed by atoms with Gasteiger partial charge in [-0.1, -0.05) is 31.1 Å². The van der Waals surface area contributed by atoms with E-state index in [1.165, 1.54) is 50.0 Å². The van der Waals surface area contributed by atoms with Crippen molar-refractivity contribution in [1.82, 2.24) is 0 Å². The van der Waals surface area contributed by atoms with Crippen LogP contribution in [0.2, 0.25) is 0 Å². The van der Waals surface area contributed by atoms with Crippen molar-refractivity contribution in [2.75, 3.05) is 6.61 Å². The second kappa shape index (κ2) is 12.1. The molecule has 0 atom stereocenters. The van der Waals surface area contributed by atoms with Gasteiger partial charge in [0.2, 0.25) is 0 Å². The van der Waals surface area contributed by atoms with E-state index in [0.717, 1.165) is 56.6 Å². The quantitative estimate of drug-likeness (QED) is 0.315. The Labute approximate surface area is 183 Å². The highest BCUT2D eigenvalue weighted by molar-refractivity contribution is 5.22. The smallest absolute Gasteiger partial charge is 0.199 e. The summed E-state index contributed by atoms with van der Waals surface area (Å²) in [5, 5.41) is 8.36. The van der Waals surface area contributed by atoms with E-state index >= 15 is 0 Å². The number of nitriles is 1. The van der Waals surface area contributed by atoms with Gasteiger partial charge in [0.25, 0.3) is 0 Å². The van der Waals surface area contributed by atoms with Crippen molar-refractivity contribution < 1.29 is 17.9 Å². The minimum Gasteiger partial charge on any atom is -0.378 e. The molecular formula is C26H32F3NO. The predicted octanol–water partition coefficient (Wildman–Crippen LogP) is 7.53. The lowest BCUT2D eigenvalue weighted by molar-refractivity contribution is -0.00476. The Morgan fingerprint density at radius 1 is 1.00 bits per heavy atom. The maximum Gasteiger partial charge on any atom is 0.199 e. The van der Waals surface area contributed by atoms with Gasteiger partial charge in [-0.2, -0.15) is 9.65 Å². The van der Waals surface area contributed by atoms with Crippen LogP contribution in [0.3, 0.4) is 0 Å². The SMILES string of the molecule is N#C/C(F)=C/C=C/CCC1CCC(COC2CCC(c3ccc(F)c(F)c3)CC2)CC1. The Balaban J connectivity index is 1.29. The topological polar surface area (TPSA) is 33.0 Å². The Bertz CT molecular complexity index is 797. The zero-order chi connectivity index (χ0) is 22.1. The minimum absolute atomic E-state index is 0.284. The average molecular weight is 432 g/mol. The van der Waals surface area contributed by atoms with Gasteiger partial charge in [0.1, 0.15) is 6.07 Å². The van der Waals surface area contributed by atoms with Gasteiger partial charge in [0, 0.05) is 6.61 Å². The first-order valence-electron chi connectivity index (χ1n) is 11.5. The van der Waals surface area contributed by atoms with E-state index in [1.54, 1.807) is 12.1 Å². The van der Waals surface area contributed by atoms with Crippen molar-refractivity contribution in [3.8, 4) is 6.07 Å². The first-order chi connectivity index (χ1) is 15.0. The molecular weight excluding hydrogens is 399 g/mol. The summed E-state index contributed by atoms with van der Waals surface area (Å²) in [5.41, 5.74) is 0.900. The number of halogens is 3. The third-order valence-corrected chi connectivity index (χ3v) is 6.85. The molecule has 2 saturated carbocycles. The van der Waals surface area contributed by atoms with Crippen LogP contribution in [-0.2, 0) is 4.74 Å². The van der Waals surface area contributed by atoms with Crippen molar-refractivity contribution in [3.63, 3.8) is 0 Å². The van der Waals surface area contributed by atoms with Crippen LogP contribution in [0, 0.1) is 34.8 Å². The zero-order valence-electron chi connectivity index (χ0n) is 18.0. The number of hydrogen-bond donors (Lipinski definition) is 0. The highest BCUT2D eigenvalue weighted by Crippen LogP contribution is 2.36. The predicted molar refractivity (Wildman–Crippen MR) is 116 cm³/mol. The fourth-order valence-electron chi connectivity index (χ4n) is 4.91. The molecule has 31 heavy (non-hydrogen) atoms. The van der Waals surface area contributed by atoms with Crippen LogP contribution < -0.4 is 0 Å². The average Bonchev–Trinajstić information content (AvgIpc) is 2.80. The molecule has 0 aromatic heterocycles. The van der Waals surface area contributed by atoms with Crippen LogP contribution >= 0.6 is 0 Å². The van der Waals surface area contributed by atoms with E-state index in [2.05, 4.69) is 0 Å². The molecule has 0 spiro atoms. The van der Waals surface area contributed by atoms with Crippen LogP contribution in [0.1, 0.15) is 75.7 Å². The monoisotopic (exact) mass is 431 g/mol. The van der Waals surface area contributed by atoms with Crippen molar-refractivity contribution in [3.05, 3.63) is 59.5 Å². The Hall–Kier alpha value is -2.06.